The van der Waals surface area contributed by atoms with E-state index in [1.807, 2.05) is 0 Å². The number of hydrogen-bond donors (Lipinski definition) is 2. The molecule has 2 atom stereocenters. The monoisotopic (exact) mass is 223 g/mol. The maximum atomic E-state index is 6.02. The van der Waals surface area contributed by atoms with Crippen molar-refractivity contribution in [3.05, 3.63) is 35.4 Å². The Bertz CT molecular complexity index is 281. The molecule has 0 spiro atoms. The maximum absolute atomic E-state index is 6.02. The van der Waals surface area contributed by atoms with E-state index < -0.39 is 0 Å². The van der Waals surface area contributed by atoms with Crippen molar-refractivity contribution < 1.29 is 0 Å². The number of hydrogen-bond acceptors (Lipinski definition) is 2. The van der Waals surface area contributed by atoms with Gasteiger partial charge in [0.15, 0.2) is 0 Å². The minimum atomic E-state index is 0.133. The number of thiol groups is 1. The van der Waals surface area contributed by atoms with Gasteiger partial charge in [-0.05, 0) is 35.6 Å². The van der Waals surface area contributed by atoms with Gasteiger partial charge in [0.05, 0.1) is 0 Å². The summed E-state index contributed by atoms with van der Waals surface area (Å²) in [6, 6.07) is 8.82. The first-order valence-electron chi connectivity index (χ1n) is 5.65. The summed E-state index contributed by atoms with van der Waals surface area (Å²) in [4.78, 5) is 0. The average Bonchev–Trinajstić information content (AvgIpc) is 2.28. The van der Waals surface area contributed by atoms with Crippen LogP contribution in [0.2, 0.25) is 0 Å². The fraction of sp³-hybridized carbons (Fsp3) is 0.538. The molecule has 0 saturated carbocycles. The van der Waals surface area contributed by atoms with Crippen molar-refractivity contribution in [3.8, 4) is 0 Å². The summed E-state index contributed by atoms with van der Waals surface area (Å²) in [7, 11) is 0. The Morgan fingerprint density at radius 2 is 1.73 bits per heavy atom. The van der Waals surface area contributed by atoms with Gasteiger partial charge in [-0.15, -0.1) is 0 Å². The molecule has 0 bridgehead atoms. The van der Waals surface area contributed by atoms with Crippen LogP contribution in [0.1, 0.15) is 49.8 Å². The van der Waals surface area contributed by atoms with E-state index in [0.29, 0.717) is 5.92 Å². The zero-order valence-electron chi connectivity index (χ0n) is 9.61. The molecule has 84 valence electrons. The van der Waals surface area contributed by atoms with Crippen molar-refractivity contribution >= 4 is 12.6 Å². The average molecular weight is 223 g/mol. The van der Waals surface area contributed by atoms with Crippen LogP contribution in [-0.2, 0) is 0 Å². The number of benzene rings is 1. The van der Waals surface area contributed by atoms with Crippen LogP contribution in [0, 0.1) is 0 Å². The van der Waals surface area contributed by atoms with Gasteiger partial charge in [0, 0.05) is 6.04 Å². The third-order valence-electron chi connectivity index (χ3n) is 2.99. The Morgan fingerprint density at radius 3 is 2.20 bits per heavy atom. The molecular formula is C13H21NS. The van der Waals surface area contributed by atoms with E-state index in [1.165, 1.54) is 17.5 Å². The summed E-state index contributed by atoms with van der Waals surface area (Å²) < 4.78 is 0. The second kappa shape index (κ2) is 6.19. The van der Waals surface area contributed by atoms with Crippen molar-refractivity contribution in [3.63, 3.8) is 0 Å². The summed E-state index contributed by atoms with van der Waals surface area (Å²) in [5.41, 5.74) is 8.64. The first-order valence-corrected chi connectivity index (χ1v) is 6.28. The van der Waals surface area contributed by atoms with Gasteiger partial charge in [-0.2, -0.15) is 12.6 Å². The standard InChI is InChI=1S/C13H21NS/c1-3-10(2)11-4-6-12(7-5-11)13(14)8-9-15/h4-7,10,13,15H,3,8-9,14H2,1-2H3. The van der Waals surface area contributed by atoms with Crippen LogP contribution in [-0.4, -0.2) is 5.75 Å². The smallest absolute Gasteiger partial charge is 0.0302 e. The number of rotatable bonds is 5. The van der Waals surface area contributed by atoms with Crippen molar-refractivity contribution in [2.24, 2.45) is 5.73 Å². The predicted molar refractivity (Wildman–Crippen MR) is 70.5 cm³/mol. The molecule has 0 fully saturated rings. The van der Waals surface area contributed by atoms with E-state index in [2.05, 4.69) is 50.7 Å². The summed E-state index contributed by atoms with van der Waals surface area (Å²) >= 11 is 4.20. The topological polar surface area (TPSA) is 26.0 Å². The zero-order chi connectivity index (χ0) is 11.3. The lowest BCUT2D eigenvalue weighted by Crippen LogP contribution is -2.10. The second-order valence-electron chi connectivity index (χ2n) is 4.09. The largest absolute Gasteiger partial charge is 0.324 e. The highest BCUT2D eigenvalue weighted by atomic mass is 32.1. The molecule has 1 aromatic carbocycles. The van der Waals surface area contributed by atoms with E-state index in [0.717, 1.165) is 12.2 Å². The van der Waals surface area contributed by atoms with Crippen LogP contribution in [0.5, 0.6) is 0 Å². The van der Waals surface area contributed by atoms with Crippen LogP contribution >= 0.6 is 12.6 Å². The van der Waals surface area contributed by atoms with Crippen LogP contribution in [0.25, 0.3) is 0 Å². The van der Waals surface area contributed by atoms with Crippen LogP contribution < -0.4 is 5.73 Å². The molecular weight excluding hydrogens is 202 g/mol. The van der Waals surface area contributed by atoms with Gasteiger partial charge in [-0.25, -0.2) is 0 Å². The summed E-state index contributed by atoms with van der Waals surface area (Å²) in [5, 5.41) is 0. The molecule has 0 aliphatic heterocycles. The highest BCUT2D eigenvalue weighted by Gasteiger charge is 2.06. The van der Waals surface area contributed by atoms with Gasteiger partial charge in [-0.3, -0.25) is 0 Å². The van der Waals surface area contributed by atoms with Crippen molar-refractivity contribution in [2.45, 2.75) is 38.6 Å². The number of nitrogens with two attached hydrogens (primary N) is 1. The van der Waals surface area contributed by atoms with Crippen molar-refractivity contribution in [2.75, 3.05) is 5.75 Å². The van der Waals surface area contributed by atoms with Crippen molar-refractivity contribution in [1.82, 2.24) is 0 Å². The highest BCUT2D eigenvalue weighted by molar-refractivity contribution is 7.80. The Balaban J connectivity index is 2.71. The Labute approximate surface area is 98.5 Å². The SMILES string of the molecule is CCC(C)c1ccc(C(N)CCS)cc1. The van der Waals surface area contributed by atoms with Crippen LogP contribution in [0.15, 0.2) is 24.3 Å². The van der Waals surface area contributed by atoms with Crippen molar-refractivity contribution in [1.29, 1.82) is 0 Å². The molecule has 1 nitrogen and oxygen atoms in total. The normalized spacial score (nSPS) is 14.9. The van der Waals surface area contributed by atoms with Gasteiger partial charge < -0.3 is 5.73 Å². The molecule has 0 aliphatic carbocycles. The van der Waals surface area contributed by atoms with E-state index in [-0.39, 0.29) is 6.04 Å². The third kappa shape index (κ3) is 3.54. The molecule has 0 heterocycles. The Kier molecular flexibility index (Phi) is 5.20. The van der Waals surface area contributed by atoms with Crippen LogP contribution in [0.4, 0.5) is 0 Å². The first-order chi connectivity index (χ1) is 7.19. The van der Waals surface area contributed by atoms with E-state index in [4.69, 9.17) is 5.73 Å². The lowest BCUT2D eigenvalue weighted by Gasteiger charge is -2.13. The molecule has 2 N–H and O–H groups in total. The molecule has 2 heteroatoms. The lowest BCUT2D eigenvalue weighted by atomic mass is 9.96. The highest BCUT2D eigenvalue weighted by Crippen LogP contribution is 2.21. The molecule has 1 rings (SSSR count). The molecule has 0 amide bonds. The zero-order valence-corrected chi connectivity index (χ0v) is 10.5. The molecule has 15 heavy (non-hydrogen) atoms. The van der Waals surface area contributed by atoms with Gasteiger partial charge in [0.1, 0.15) is 0 Å². The fourth-order valence-electron chi connectivity index (χ4n) is 1.61. The first kappa shape index (κ1) is 12.6. The molecule has 1 aromatic rings. The minimum Gasteiger partial charge on any atom is -0.324 e. The molecule has 2 unspecified atom stereocenters. The molecule has 0 aromatic heterocycles. The molecule has 0 saturated heterocycles. The van der Waals surface area contributed by atoms with Gasteiger partial charge in [-0.1, -0.05) is 38.1 Å². The lowest BCUT2D eigenvalue weighted by molar-refractivity contribution is 0.701. The quantitative estimate of drug-likeness (QED) is 0.734. The minimum absolute atomic E-state index is 0.133. The third-order valence-corrected chi connectivity index (χ3v) is 3.24. The molecule has 0 radical (unpaired) electrons. The van der Waals surface area contributed by atoms with Gasteiger partial charge >= 0.3 is 0 Å². The van der Waals surface area contributed by atoms with E-state index >= 15 is 0 Å². The summed E-state index contributed by atoms with van der Waals surface area (Å²) in [6.07, 6.45) is 2.12. The fourth-order valence-corrected chi connectivity index (χ4v) is 1.89. The summed E-state index contributed by atoms with van der Waals surface area (Å²) in [5.74, 6) is 1.48. The van der Waals surface area contributed by atoms with E-state index in [1.54, 1.807) is 0 Å². The molecule has 0 aliphatic rings. The van der Waals surface area contributed by atoms with Gasteiger partial charge in [0.25, 0.3) is 0 Å². The maximum Gasteiger partial charge on any atom is 0.0302 e. The second-order valence-corrected chi connectivity index (χ2v) is 4.54. The Hall–Kier alpha value is -0.470. The Morgan fingerprint density at radius 1 is 1.20 bits per heavy atom. The van der Waals surface area contributed by atoms with E-state index in [9.17, 15) is 0 Å². The summed E-state index contributed by atoms with van der Waals surface area (Å²) in [6.45, 7) is 4.47. The predicted octanol–water partition coefficient (Wildman–Crippen LogP) is 3.52. The van der Waals surface area contributed by atoms with Crippen LogP contribution in [0.3, 0.4) is 0 Å². The van der Waals surface area contributed by atoms with Gasteiger partial charge in [0.2, 0.25) is 0 Å².